The van der Waals surface area contributed by atoms with Gasteiger partial charge in [-0.3, -0.25) is 9.89 Å². The smallest absolute Gasteiger partial charge is 0.272 e. The van der Waals surface area contributed by atoms with Gasteiger partial charge in [0.15, 0.2) is 5.69 Å². The van der Waals surface area contributed by atoms with Crippen LogP contribution >= 0.6 is 11.6 Å². The average Bonchev–Trinajstić information content (AvgIpc) is 3.03. The van der Waals surface area contributed by atoms with Crippen LogP contribution in [-0.4, -0.2) is 22.6 Å². The first-order valence-electron chi connectivity index (χ1n) is 6.83. The van der Waals surface area contributed by atoms with Gasteiger partial charge < -0.3 is 5.32 Å². The van der Waals surface area contributed by atoms with Crippen molar-refractivity contribution in [2.24, 2.45) is 0 Å². The number of carbonyl (C=O) groups is 1. The fourth-order valence-electron chi connectivity index (χ4n) is 2.56. The summed E-state index contributed by atoms with van der Waals surface area (Å²) < 4.78 is 0. The highest BCUT2D eigenvalue weighted by molar-refractivity contribution is 6.30. The lowest BCUT2D eigenvalue weighted by atomic mass is 10.1. The molecule has 2 N–H and O–H groups in total. The molecule has 1 aromatic heterocycles. The molecule has 20 heavy (non-hydrogen) atoms. The van der Waals surface area contributed by atoms with Crippen LogP contribution < -0.4 is 5.32 Å². The number of aromatic nitrogens is 2. The third-order valence-corrected chi connectivity index (χ3v) is 3.89. The third-order valence-electron chi connectivity index (χ3n) is 3.63. The van der Waals surface area contributed by atoms with E-state index >= 15 is 0 Å². The van der Waals surface area contributed by atoms with Crippen molar-refractivity contribution in [1.82, 2.24) is 15.5 Å². The zero-order chi connectivity index (χ0) is 13.9. The maximum Gasteiger partial charge on any atom is 0.272 e. The first-order valence-corrected chi connectivity index (χ1v) is 7.20. The van der Waals surface area contributed by atoms with Crippen molar-refractivity contribution in [2.75, 3.05) is 6.54 Å². The molecule has 0 bridgehead atoms. The monoisotopic (exact) mass is 289 g/mol. The van der Waals surface area contributed by atoms with E-state index in [-0.39, 0.29) is 5.91 Å². The molecular formula is C15H16ClN3O. The lowest BCUT2D eigenvalue weighted by molar-refractivity contribution is 0.0948. The Morgan fingerprint density at radius 2 is 2.10 bits per heavy atom. The number of aryl methyl sites for hydroxylation is 1. The molecule has 1 aliphatic rings. The minimum absolute atomic E-state index is 0.0848. The fraction of sp³-hybridized carbons (Fsp3) is 0.333. The Hall–Kier alpha value is -1.81. The summed E-state index contributed by atoms with van der Waals surface area (Å²) in [5.74, 6) is -0.0848. The van der Waals surface area contributed by atoms with Crippen LogP contribution in [0.4, 0.5) is 0 Å². The minimum Gasteiger partial charge on any atom is -0.350 e. The summed E-state index contributed by atoms with van der Waals surface area (Å²) in [5.41, 5.74) is 3.93. The Labute approximate surface area is 122 Å². The molecular weight excluding hydrogens is 274 g/mol. The van der Waals surface area contributed by atoms with Gasteiger partial charge in [-0.2, -0.15) is 5.10 Å². The Morgan fingerprint density at radius 3 is 2.90 bits per heavy atom. The lowest BCUT2D eigenvalue weighted by Gasteiger charge is -2.04. The van der Waals surface area contributed by atoms with Gasteiger partial charge in [0.2, 0.25) is 0 Å². The standard InChI is InChI=1S/C15H16ClN3O/c16-11-6-4-10(5-7-11)8-9-17-15(20)14-12-2-1-3-13(12)18-19-14/h4-7H,1-3,8-9H2,(H,17,20)(H,18,19). The summed E-state index contributed by atoms with van der Waals surface area (Å²) in [5, 5.41) is 10.7. The van der Waals surface area contributed by atoms with Gasteiger partial charge in [0.1, 0.15) is 0 Å². The molecule has 0 radical (unpaired) electrons. The van der Waals surface area contributed by atoms with Gasteiger partial charge in [0.05, 0.1) is 0 Å². The largest absolute Gasteiger partial charge is 0.350 e. The SMILES string of the molecule is O=C(NCCc1ccc(Cl)cc1)c1n[nH]c2c1CCC2. The second-order valence-electron chi connectivity index (χ2n) is 5.02. The van der Waals surface area contributed by atoms with Crippen LogP contribution in [0.15, 0.2) is 24.3 Å². The second kappa shape index (κ2) is 5.67. The van der Waals surface area contributed by atoms with E-state index in [4.69, 9.17) is 11.6 Å². The number of halogens is 1. The molecule has 1 amide bonds. The number of fused-ring (bicyclic) bond motifs is 1. The molecule has 0 fully saturated rings. The number of hydrogen-bond donors (Lipinski definition) is 2. The van der Waals surface area contributed by atoms with Crippen molar-refractivity contribution in [1.29, 1.82) is 0 Å². The van der Waals surface area contributed by atoms with Crippen molar-refractivity contribution in [3.05, 3.63) is 51.8 Å². The molecule has 5 heteroatoms. The molecule has 1 heterocycles. The molecule has 0 saturated carbocycles. The van der Waals surface area contributed by atoms with Crippen molar-refractivity contribution in [3.63, 3.8) is 0 Å². The van der Waals surface area contributed by atoms with Gasteiger partial charge in [0, 0.05) is 22.8 Å². The lowest BCUT2D eigenvalue weighted by Crippen LogP contribution is -2.26. The number of benzene rings is 1. The number of nitrogens with one attached hydrogen (secondary N) is 2. The molecule has 0 unspecified atom stereocenters. The van der Waals surface area contributed by atoms with E-state index < -0.39 is 0 Å². The molecule has 0 atom stereocenters. The quantitative estimate of drug-likeness (QED) is 0.909. The van der Waals surface area contributed by atoms with Gasteiger partial charge in [-0.1, -0.05) is 23.7 Å². The maximum absolute atomic E-state index is 12.1. The molecule has 4 nitrogen and oxygen atoms in total. The van der Waals surface area contributed by atoms with Crippen LogP contribution in [0.1, 0.15) is 33.7 Å². The molecule has 0 aliphatic heterocycles. The van der Waals surface area contributed by atoms with E-state index in [1.54, 1.807) is 0 Å². The van der Waals surface area contributed by atoms with Gasteiger partial charge in [-0.15, -0.1) is 0 Å². The molecule has 0 saturated heterocycles. The number of rotatable bonds is 4. The van der Waals surface area contributed by atoms with Gasteiger partial charge in [-0.25, -0.2) is 0 Å². The predicted octanol–water partition coefficient (Wildman–Crippen LogP) is 2.52. The Kier molecular flexibility index (Phi) is 3.74. The highest BCUT2D eigenvalue weighted by Gasteiger charge is 2.22. The summed E-state index contributed by atoms with van der Waals surface area (Å²) in [4.78, 5) is 12.1. The average molecular weight is 290 g/mol. The first-order chi connectivity index (χ1) is 9.74. The molecule has 104 valence electrons. The van der Waals surface area contributed by atoms with Gasteiger partial charge >= 0.3 is 0 Å². The van der Waals surface area contributed by atoms with Crippen LogP contribution in [-0.2, 0) is 19.3 Å². The minimum atomic E-state index is -0.0848. The second-order valence-corrected chi connectivity index (χ2v) is 5.45. The van der Waals surface area contributed by atoms with Crippen molar-refractivity contribution < 1.29 is 4.79 Å². The molecule has 1 aliphatic carbocycles. The van der Waals surface area contributed by atoms with E-state index in [9.17, 15) is 4.79 Å². The third kappa shape index (κ3) is 2.70. The molecule has 3 rings (SSSR count). The zero-order valence-corrected chi connectivity index (χ0v) is 11.8. The summed E-state index contributed by atoms with van der Waals surface area (Å²) in [7, 11) is 0. The molecule has 0 spiro atoms. The zero-order valence-electron chi connectivity index (χ0n) is 11.1. The van der Waals surface area contributed by atoms with Crippen LogP contribution in [0.2, 0.25) is 5.02 Å². The maximum atomic E-state index is 12.1. The molecule has 2 aromatic rings. The number of amides is 1. The van der Waals surface area contributed by atoms with E-state index in [0.717, 1.165) is 47.5 Å². The normalized spacial score (nSPS) is 13.2. The fourth-order valence-corrected chi connectivity index (χ4v) is 2.69. The summed E-state index contributed by atoms with van der Waals surface area (Å²) in [6, 6.07) is 7.67. The van der Waals surface area contributed by atoms with Crippen LogP contribution in [0.3, 0.4) is 0 Å². The number of nitrogens with zero attached hydrogens (tertiary/aromatic N) is 1. The van der Waals surface area contributed by atoms with E-state index in [1.165, 1.54) is 0 Å². The van der Waals surface area contributed by atoms with Crippen LogP contribution in [0, 0.1) is 0 Å². The first kappa shape index (κ1) is 13.2. The van der Waals surface area contributed by atoms with Gasteiger partial charge in [-0.05, 0) is 43.4 Å². The summed E-state index contributed by atoms with van der Waals surface area (Å²) >= 11 is 5.84. The highest BCUT2D eigenvalue weighted by atomic mass is 35.5. The van der Waals surface area contributed by atoms with Crippen LogP contribution in [0.25, 0.3) is 0 Å². The molecule has 1 aromatic carbocycles. The van der Waals surface area contributed by atoms with Crippen molar-refractivity contribution in [2.45, 2.75) is 25.7 Å². The highest BCUT2D eigenvalue weighted by Crippen LogP contribution is 2.22. The Balaban J connectivity index is 1.55. The number of aromatic amines is 1. The van der Waals surface area contributed by atoms with Gasteiger partial charge in [0.25, 0.3) is 5.91 Å². The van der Waals surface area contributed by atoms with E-state index in [1.807, 2.05) is 24.3 Å². The number of carbonyl (C=O) groups excluding carboxylic acids is 1. The van der Waals surface area contributed by atoms with E-state index in [0.29, 0.717) is 12.2 Å². The van der Waals surface area contributed by atoms with Crippen LogP contribution in [0.5, 0.6) is 0 Å². The number of H-pyrrole nitrogens is 1. The van der Waals surface area contributed by atoms with Crippen molar-refractivity contribution >= 4 is 17.5 Å². The topological polar surface area (TPSA) is 57.8 Å². The van der Waals surface area contributed by atoms with Crippen molar-refractivity contribution in [3.8, 4) is 0 Å². The number of hydrogen-bond acceptors (Lipinski definition) is 2. The summed E-state index contributed by atoms with van der Waals surface area (Å²) in [6.07, 6.45) is 3.84. The Morgan fingerprint density at radius 1 is 1.30 bits per heavy atom. The predicted molar refractivity (Wildman–Crippen MR) is 78.1 cm³/mol. The summed E-state index contributed by atoms with van der Waals surface area (Å²) in [6.45, 7) is 0.599. The Bertz CT molecular complexity index is 619. The van der Waals surface area contributed by atoms with E-state index in [2.05, 4.69) is 15.5 Å².